The highest BCUT2D eigenvalue weighted by molar-refractivity contribution is 7.79. The summed E-state index contributed by atoms with van der Waals surface area (Å²) >= 11 is -1.34. The van der Waals surface area contributed by atoms with Gasteiger partial charge in [-0.05, 0) is 35.7 Å². The topological polar surface area (TPSA) is 71.1 Å². The van der Waals surface area contributed by atoms with Gasteiger partial charge in [0.25, 0.3) is 0 Å². The van der Waals surface area contributed by atoms with E-state index in [9.17, 15) is 9.00 Å². The summed E-state index contributed by atoms with van der Waals surface area (Å²) in [5.41, 5.74) is 0.911. The second kappa shape index (κ2) is 9.82. The van der Waals surface area contributed by atoms with Crippen molar-refractivity contribution in [3.63, 3.8) is 0 Å². The highest BCUT2D eigenvalue weighted by Gasteiger charge is 2.39. The molecule has 0 bridgehead atoms. The van der Waals surface area contributed by atoms with Gasteiger partial charge in [-0.2, -0.15) is 0 Å². The lowest BCUT2D eigenvalue weighted by molar-refractivity contribution is -0.173. The van der Waals surface area contributed by atoms with Crippen LogP contribution in [0.3, 0.4) is 0 Å². The summed E-state index contributed by atoms with van der Waals surface area (Å²) in [6.07, 6.45) is 1.10. The van der Waals surface area contributed by atoms with Gasteiger partial charge in [0.15, 0.2) is 11.1 Å². The second-order valence-corrected chi connectivity index (χ2v) is 7.80. The minimum absolute atomic E-state index is 0.0203. The van der Waals surface area contributed by atoms with Crippen LogP contribution in [0.25, 0.3) is 0 Å². The molecule has 0 saturated carbocycles. The molecule has 4 unspecified atom stereocenters. The number of para-hydroxylation sites is 1. The molecule has 2 aromatic carbocycles. The molecule has 150 valence electrons. The molecule has 1 fully saturated rings. The van der Waals surface area contributed by atoms with E-state index in [1.165, 1.54) is 6.26 Å². The van der Waals surface area contributed by atoms with Crippen molar-refractivity contribution in [3.05, 3.63) is 60.2 Å². The Bertz CT molecular complexity index is 810. The Hall–Kier alpha value is -2.22. The number of esters is 1. The SMILES string of the molecule is CC(COS(C)=O)C1CC(=O)OC1OCc1cccc(Oc2ccccc2)c1. The molecular weight excluding hydrogens is 380 g/mol. The molecule has 0 aromatic heterocycles. The van der Waals surface area contributed by atoms with Crippen molar-refractivity contribution in [2.45, 2.75) is 26.2 Å². The smallest absolute Gasteiger partial charge is 0.308 e. The van der Waals surface area contributed by atoms with Crippen molar-refractivity contribution in [1.29, 1.82) is 0 Å². The van der Waals surface area contributed by atoms with Crippen molar-refractivity contribution < 1.29 is 27.4 Å². The minimum Gasteiger partial charge on any atom is -0.457 e. The van der Waals surface area contributed by atoms with Crippen molar-refractivity contribution in [2.24, 2.45) is 11.8 Å². The number of hydrogen-bond donors (Lipinski definition) is 0. The molecule has 1 aliphatic heterocycles. The Morgan fingerprint density at radius 1 is 1.14 bits per heavy atom. The van der Waals surface area contributed by atoms with Crippen molar-refractivity contribution in [1.82, 2.24) is 0 Å². The maximum atomic E-state index is 11.8. The van der Waals surface area contributed by atoms with Gasteiger partial charge in [-0.3, -0.25) is 8.98 Å². The van der Waals surface area contributed by atoms with Crippen LogP contribution in [0, 0.1) is 11.8 Å². The van der Waals surface area contributed by atoms with E-state index in [4.69, 9.17) is 18.4 Å². The summed E-state index contributed by atoms with van der Waals surface area (Å²) < 4.78 is 33.3. The van der Waals surface area contributed by atoms with Gasteiger partial charge in [-0.15, -0.1) is 0 Å². The quantitative estimate of drug-likeness (QED) is 0.592. The van der Waals surface area contributed by atoms with Gasteiger partial charge in [0.1, 0.15) is 11.5 Å². The third kappa shape index (κ3) is 5.89. The van der Waals surface area contributed by atoms with Crippen LogP contribution in [0.2, 0.25) is 0 Å². The maximum Gasteiger partial charge on any atom is 0.308 e. The number of rotatable bonds is 9. The summed E-state index contributed by atoms with van der Waals surface area (Å²) in [6.45, 7) is 2.50. The first-order valence-electron chi connectivity index (χ1n) is 9.11. The zero-order valence-electron chi connectivity index (χ0n) is 15.9. The summed E-state index contributed by atoms with van der Waals surface area (Å²) in [7, 11) is 0. The Labute approximate surface area is 167 Å². The molecule has 6 nitrogen and oxygen atoms in total. The first-order valence-corrected chi connectivity index (χ1v) is 10.6. The van der Waals surface area contributed by atoms with E-state index in [1.807, 2.05) is 61.5 Å². The predicted octanol–water partition coefficient (Wildman–Crippen LogP) is 3.83. The lowest BCUT2D eigenvalue weighted by Gasteiger charge is -2.23. The average molecular weight is 404 g/mol. The number of hydrogen-bond acceptors (Lipinski definition) is 6. The third-order valence-corrected chi connectivity index (χ3v) is 4.99. The lowest BCUT2D eigenvalue weighted by Crippen LogP contribution is -2.28. The van der Waals surface area contributed by atoms with Crippen LogP contribution in [0.1, 0.15) is 18.9 Å². The van der Waals surface area contributed by atoms with Crippen molar-refractivity contribution in [3.8, 4) is 11.5 Å². The molecule has 1 aliphatic rings. The first-order chi connectivity index (χ1) is 13.5. The molecule has 4 atom stereocenters. The van der Waals surface area contributed by atoms with E-state index in [0.29, 0.717) is 5.75 Å². The zero-order chi connectivity index (χ0) is 19.9. The summed E-state index contributed by atoms with van der Waals surface area (Å²) in [4.78, 5) is 11.8. The average Bonchev–Trinajstić information content (AvgIpc) is 3.06. The molecule has 0 amide bonds. The zero-order valence-corrected chi connectivity index (χ0v) is 16.7. The van der Waals surface area contributed by atoms with Crippen LogP contribution >= 0.6 is 0 Å². The molecule has 0 spiro atoms. The standard InChI is InChI=1S/C21H24O6S/c1-15(13-25-28(2)23)19-12-20(22)27-21(19)24-14-16-7-6-10-18(11-16)26-17-8-4-3-5-9-17/h3-11,15,19,21H,12-14H2,1-2H3. The van der Waals surface area contributed by atoms with Crippen LogP contribution in [-0.4, -0.2) is 29.3 Å². The second-order valence-electron chi connectivity index (χ2n) is 6.76. The molecule has 7 heteroatoms. The van der Waals surface area contributed by atoms with E-state index >= 15 is 0 Å². The van der Waals surface area contributed by atoms with E-state index in [-0.39, 0.29) is 37.4 Å². The summed E-state index contributed by atoms with van der Waals surface area (Å²) in [5.74, 6) is 1.01. The summed E-state index contributed by atoms with van der Waals surface area (Å²) in [6, 6.07) is 17.1. The molecule has 3 rings (SSSR count). The van der Waals surface area contributed by atoms with Crippen LogP contribution in [0.4, 0.5) is 0 Å². The monoisotopic (exact) mass is 404 g/mol. The number of carbonyl (C=O) groups excluding carboxylic acids is 1. The van der Waals surface area contributed by atoms with Gasteiger partial charge in [0.05, 0.1) is 19.6 Å². The Morgan fingerprint density at radius 3 is 2.64 bits per heavy atom. The maximum absolute atomic E-state index is 11.8. The van der Waals surface area contributed by atoms with Gasteiger partial charge in [-0.1, -0.05) is 37.3 Å². The minimum atomic E-state index is -1.34. The molecular formula is C21H24O6S. The Morgan fingerprint density at radius 2 is 1.89 bits per heavy atom. The molecule has 1 heterocycles. The van der Waals surface area contributed by atoms with Gasteiger partial charge < -0.3 is 14.2 Å². The first kappa shape index (κ1) is 20.5. The van der Waals surface area contributed by atoms with E-state index in [2.05, 4.69) is 0 Å². The summed E-state index contributed by atoms with van der Waals surface area (Å²) in [5, 5.41) is 0. The van der Waals surface area contributed by atoms with E-state index in [0.717, 1.165) is 11.3 Å². The number of cyclic esters (lactones) is 1. The van der Waals surface area contributed by atoms with Gasteiger partial charge >= 0.3 is 5.97 Å². The van der Waals surface area contributed by atoms with Crippen LogP contribution in [0.5, 0.6) is 11.5 Å². The highest BCUT2D eigenvalue weighted by atomic mass is 32.2. The van der Waals surface area contributed by atoms with Crippen LogP contribution in [0.15, 0.2) is 54.6 Å². The van der Waals surface area contributed by atoms with Crippen LogP contribution < -0.4 is 4.74 Å². The molecule has 1 saturated heterocycles. The number of carbonyl (C=O) groups is 1. The number of ether oxygens (including phenoxy) is 3. The molecule has 0 aliphatic carbocycles. The third-order valence-electron chi connectivity index (χ3n) is 4.52. The lowest BCUT2D eigenvalue weighted by atomic mass is 9.93. The van der Waals surface area contributed by atoms with Gasteiger partial charge in [0, 0.05) is 12.2 Å². The molecule has 0 radical (unpaired) electrons. The molecule has 28 heavy (non-hydrogen) atoms. The van der Waals surface area contributed by atoms with Crippen molar-refractivity contribution >= 4 is 17.0 Å². The Kier molecular flexibility index (Phi) is 7.19. The fraction of sp³-hybridized carbons (Fsp3) is 0.381. The normalized spacial score (nSPS) is 21.1. The largest absolute Gasteiger partial charge is 0.457 e. The molecule has 0 N–H and O–H groups in total. The Balaban J connectivity index is 1.58. The van der Waals surface area contributed by atoms with E-state index in [1.54, 1.807) is 0 Å². The number of benzene rings is 2. The predicted molar refractivity (Wildman–Crippen MR) is 105 cm³/mol. The fourth-order valence-electron chi connectivity index (χ4n) is 3.01. The van der Waals surface area contributed by atoms with Gasteiger partial charge in [0.2, 0.25) is 6.29 Å². The van der Waals surface area contributed by atoms with Gasteiger partial charge in [-0.25, -0.2) is 4.21 Å². The van der Waals surface area contributed by atoms with Crippen LogP contribution in [-0.2, 0) is 36.1 Å². The highest BCUT2D eigenvalue weighted by Crippen LogP contribution is 2.31. The van der Waals surface area contributed by atoms with E-state index < -0.39 is 17.4 Å². The van der Waals surface area contributed by atoms with Crippen molar-refractivity contribution in [2.75, 3.05) is 12.9 Å². The molecule has 2 aromatic rings. The fourth-order valence-corrected chi connectivity index (χ4v) is 3.42.